The summed E-state index contributed by atoms with van der Waals surface area (Å²) >= 11 is 0. The molecule has 0 aliphatic rings. The average molecular weight is 248 g/mol. The summed E-state index contributed by atoms with van der Waals surface area (Å²) in [7, 11) is 1.27. The minimum atomic E-state index is -0.525. The van der Waals surface area contributed by atoms with Crippen LogP contribution in [0.5, 0.6) is 5.75 Å². The fourth-order valence-corrected chi connectivity index (χ4v) is 0.756. The Morgan fingerprint density at radius 1 is 1.42 bits per heavy atom. The number of hydrogen-bond acceptors (Lipinski definition) is 3. The first-order chi connectivity index (χ1) is 5.25. The molecule has 0 amide bonds. The van der Waals surface area contributed by atoms with Gasteiger partial charge in [-0.05, 0) is 12.1 Å². The largest absolute Gasteiger partial charge is 0.507 e. The van der Waals surface area contributed by atoms with Gasteiger partial charge in [-0.1, -0.05) is 12.1 Å². The van der Waals surface area contributed by atoms with Crippen molar-refractivity contribution in [2.75, 3.05) is 7.11 Å². The molecule has 0 atom stereocenters. The van der Waals surface area contributed by atoms with Gasteiger partial charge in [-0.3, -0.25) is 0 Å². The Balaban J connectivity index is 0.00000121. The van der Waals surface area contributed by atoms with E-state index in [4.69, 9.17) is 5.11 Å². The number of rotatable bonds is 1. The van der Waals surface area contributed by atoms with Gasteiger partial charge < -0.3 is 9.84 Å². The quantitative estimate of drug-likeness (QED) is 0.599. The number of para-hydroxylation sites is 1. The Morgan fingerprint density at radius 3 is 2.50 bits per heavy atom. The molecule has 0 spiro atoms. The zero-order valence-electron chi connectivity index (χ0n) is 6.48. The van der Waals surface area contributed by atoms with Crippen LogP contribution >= 0.6 is 0 Å². The van der Waals surface area contributed by atoms with Crippen LogP contribution in [-0.2, 0) is 25.8 Å². The number of carbonyl (C=O) groups excluding carboxylic acids is 1. The van der Waals surface area contributed by atoms with E-state index in [0.717, 1.165) is 0 Å². The minimum Gasteiger partial charge on any atom is -0.507 e. The number of esters is 1. The van der Waals surface area contributed by atoms with Gasteiger partial charge in [0.1, 0.15) is 11.3 Å². The molecule has 0 radical (unpaired) electrons. The van der Waals surface area contributed by atoms with Crippen LogP contribution in [0.3, 0.4) is 0 Å². The van der Waals surface area contributed by atoms with Gasteiger partial charge in [0.25, 0.3) is 0 Å². The molecule has 0 aromatic heterocycles. The maximum atomic E-state index is 10.9. The molecule has 3 nitrogen and oxygen atoms in total. The molecule has 1 aromatic rings. The van der Waals surface area contributed by atoms with Gasteiger partial charge in [-0.25, -0.2) is 4.79 Å². The van der Waals surface area contributed by atoms with E-state index in [1.165, 1.54) is 19.2 Å². The van der Waals surface area contributed by atoms with Gasteiger partial charge >= 0.3 is 5.97 Å². The molecule has 0 aliphatic heterocycles. The van der Waals surface area contributed by atoms with Crippen LogP contribution in [0.4, 0.5) is 0 Å². The molecule has 64 valence electrons. The molecule has 1 aromatic carbocycles. The predicted molar refractivity (Wildman–Crippen MR) is 39.4 cm³/mol. The third-order valence-corrected chi connectivity index (χ3v) is 1.31. The van der Waals surface area contributed by atoms with Crippen molar-refractivity contribution < 1.29 is 35.7 Å². The van der Waals surface area contributed by atoms with E-state index in [2.05, 4.69) is 4.74 Å². The van der Waals surface area contributed by atoms with Gasteiger partial charge in [0, 0.05) is 21.1 Å². The Labute approximate surface area is 84.6 Å². The molecule has 1 N–H and O–H groups in total. The second-order valence-electron chi connectivity index (χ2n) is 2.01. The second kappa shape index (κ2) is 4.94. The first kappa shape index (κ1) is 11.2. The van der Waals surface area contributed by atoms with E-state index in [-0.39, 0.29) is 32.4 Å². The van der Waals surface area contributed by atoms with E-state index in [1.807, 2.05) is 0 Å². The van der Waals surface area contributed by atoms with E-state index < -0.39 is 5.97 Å². The van der Waals surface area contributed by atoms with E-state index in [1.54, 1.807) is 12.1 Å². The molecular weight excluding hydrogens is 240 g/mol. The number of phenols is 1. The van der Waals surface area contributed by atoms with Crippen LogP contribution in [0.15, 0.2) is 24.3 Å². The first-order valence-corrected chi connectivity index (χ1v) is 3.12. The smallest absolute Gasteiger partial charge is 0.341 e. The van der Waals surface area contributed by atoms with Crippen molar-refractivity contribution in [3.8, 4) is 5.75 Å². The maximum Gasteiger partial charge on any atom is 0.341 e. The van der Waals surface area contributed by atoms with Gasteiger partial charge in [0.2, 0.25) is 0 Å². The Hall–Kier alpha value is -0.822. The standard InChI is InChI=1S/C8H8O3.Mo/c1-11-8(10)6-4-2-3-5-7(6)9;/h2-5,9H,1H3;. The average Bonchev–Trinajstić information content (AvgIpc) is 2.04. The Morgan fingerprint density at radius 2 is 2.00 bits per heavy atom. The van der Waals surface area contributed by atoms with Crippen LogP contribution in [0.1, 0.15) is 10.4 Å². The van der Waals surface area contributed by atoms with Crippen molar-refractivity contribution in [3.63, 3.8) is 0 Å². The fraction of sp³-hybridized carbons (Fsp3) is 0.125. The van der Waals surface area contributed by atoms with Gasteiger partial charge in [0.15, 0.2) is 0 Å². The van der Waals surface area contributed by atoms with E-state index >= 15 is 0 Å². The Bertz CT molecular complexity index is 273. The summed E-state index contributed by atoms with van der Waals surface area (Å²) in [5.74, 6) is -0.581. The summed E-state index contributed by atoms with van der Waals surface area (Å²) < 4.78 is 4.42. The first-order valence-electron chi connectivity index (χ1n) is 3.12. The Kier molecular flexibility index (Phi) is 4.60. The van der Waals surface area contributed by atoms with Crippen LogP contribution < -0.4 is 0 Å². The summed E-state index contributed by atoms with van der Waals surface area (Å²) in [6.07, 6.45) is 0. The number of hydrogen-bond donors (Lipinski definition) is 1. The van der Waals surface area contributed by atoms with E-state index in [0.29, 0.717) is 0 Å². The molecule has 4 heteroatoms. The number of phenolic OH excluding ortho intramolecular Hbond substituents is 1. The van der Waals surface area contributed by atoms with Gasteiger partial charge in [0.05, 0.1) is 7.11 Å². The molecule has 1 rings (SSSR count). The number of carbonyl (C=O) groups is 1. The van der Waals surface area contributed by atoms with E-state index in [9.17, 15) is 4.79 Å². The van der Waals surface area contributed by atoms with Crippen LogP contribution in [0.25, 0.3) is 0 Å². The monoisotopic (exact) mass is 250 g/mol. The summed E-state index contributed by atoms with van der Waals surface area (Å²) in [5.41, 5.74) is 0.190. The number of aromatic hydroxyl groups is 1. The van der Waals surface area contributed by atoms with Gasteiger partial charge in [-0.15, -0.1) is 0 Å². The SMILES string of the molecule is COC(=O)c1ccccc1O.[Mo]. The van der Waals surface area contributed by atoms with Crippen molar-refractivity contribution in [3.05, 3.63) is 29.8 Å². The summed E-state index contributed by atoms with van der Waals surface area (Å²) in [6.45, 7) is 0. The van der Waals surface area contributed by atoms with Crippen molar-refractivity contribution in [2.45, 2.75) is 0 Å². The molecule has 0 heterocycles. The number of ether oxygens (including phenoxy) is 1. The fourth-order valence-electron chi connectivity index (χ4n) is 0.756. The zero-order chi connectivity index (χ0) is 8.27. The third-order valence-electron chi connectivity index (χ3n) is 1.31. The van der Waals surface area contributed by atoms with Crippen LogP contribution in [-0.4, -0.2) is 18.2 Å². The summed E-state index contributed by atoms with van der Waals surface area (Å²) in [5, 5.41) is 9.11. The van der Waals surface area contributed by atoms with Crippen molar-refractivity contribution >= 4 is 5.97 Å². The minimum absolute atomic E-state index is 0. The second-order valence-corrected chi connectivity index (χ2v) is 2.01. The van der Waals surface area contributed by atoms with Crippen molar-refractivity contribution in [1.82, 2.24) is 0 Å². The molecule has 0 saturated heterocycles. The van der Waals surface area contributed by atoms with Crippen molar-refractivity contribution in [2.24, 2.45) is 0 Å². The van der Waals surface area contributed by atoms with Crippen LogP contribution in [0, 0.1) is 0 Å². The molecule has 0 unspecified atom stereocenters. The maximum absolute atomic E-state index is 10.9. The van der Waals surface area contributed by atoms with Crippen molar-refractivity contribution in [1.29, 1.82) is 0 Å². The molecule has 12 heavy (non-hydrogen) atoms. The zero-order valence-corrected chi connectivity index (χ0v) is 8.49. The van der Waals surface area contributed by atoms with Crippen LogP contribution in [0.2, 0.25) is 0 Å². The number of benzene rings is 1. The summed E-state index contributed by atoms with van der Waals surface area (Å²) in [4.78, 5) is 10.9. The molecular formula is C8H8MoO3. The molecule has 0 bridgehead atoms. The molecule has 0 saturated carbocycles. The molecule has 0 fully saturated rings. The normalized spacial score (nSPS) is 8.42. The molecule has 0 aliphatic carbocycles. The van der Waals surface area contributed by atoms with Gasteiger partial charge in [-0.2, -0.15) is 0 Å². The topological polar surface area (TPSA) is 46.5 Å². The summed E-state index contributed by atoms with van der Waals surface area (Å²) in [6, 6.07) is 6.24. The third kappa shape index (κ3) is 2.35. The number of methoxy groups -OCH3 is 1. The predicted octanol–water partition coefficient (Wildman–Crippen LogP) is 1.18.